The first-order valence-corrected chi connectivity index (χ1v) is 10.8. The fraction of sp³-hybridized carbons (Fsp3) is 0.545. The van der Waals surface area contributed by atoms with Crippen molar-refractivity contribution in [3.63, 3.8) is 0 Å². The number of H-pyrrole nitrogens is 1. The summed E-state index contributed by atoms with van der Waals surface area (Å²) < 4.78 is 4.83. The Morgan fingerprint density at radius 1 is 1.31 bits per heavy atom. The number of aromatic amines is 1. The number of rotatable bonds is 10. The van der Waals surface area contributed by atoms with Crippen molar-refractivity contribution in [2.75, 3.05) is 13.7 Å². The van der Waals surface area contributed by atoms with Crippen LogP contribution in [0.2, 0.25) is 0 Å². The van der Waals surface area contributed by atoms with Crippen molar-refractivity contribution < 1.29 is 23.9 Å². The molecule has 0 bridgehead atoms. The van der Waals surface area contributed by atoms with Crippen molar-refractivity contribution in [1.82, 2.24) is 25.6 Å². The van der Waals surface area contributed by atoms with Crippen LogP contribution in [-0.2, 0) is 19.1 Å². The Morgan fingerprint density at radius 2 is 2.09 bits per heavy atom. The van der Waals surface area contributed by atoms with E-state index in [9.17, 15) is 19.2 Å². The highest BCUT2D eigenvalue weighted by Gasteiger charge is 2.34. The predicted octanol–water partition coefficient (Wildman–Crippen LogP) is 1.38. The minimum atomic E-state index is -0.957. The quantitative estimate of drug-likeness (QED) is 0.372. The number of hydrogen-bond donors (Lipinski definition) is 3. The lowest BCUT2D eigenvalue weighted by Gasteiger charge is -2.23. The summed E-state index contributed by atoms with van der Waals surface area (Å²) >= 11 is 0. The lowest BCUT2D eigenvalue weighted by atomic mass is 9.90. The SMILES string of the molecule is COC(=O)[C@H](C[C@@H]1CCNC1=O)NC(=O)[C@@H](CC(=O)c1nc2ncccc2[nH]1)CC(C)C. The van der Waals surface area contributed by atoms with Gasteiger partial charge in [0.25, 0.3) is 0 Å². The maximum Gasteiger partial charge on any atom is 0.328 e. The number of carbonyl (C=O) groups is 4. The summed E-state index contributed by atoms with van der Waals surface area (Å²) in [5.74, 6) is -2.22. The van der Waals surface area contributed by atoms with Crippen LogP contribution in [0.5, 0.6) is 0 Å². The number of imidazole rings is 1. The first-order valence-electron chi connectivity index (χ1n) is 10.8. The molecular formula is C22H29N5O5. The van der Waals surface area contributed by atoms with Crippen LogP contribution < -0.4 is 10.6 Å². The number of pyridine rings is 1. The van der Waals surface area contributed by atoms with Gasteiger partial charge >= 0.3 is 5.97 Å². The summed E-state index contributed by atoms with van der Waals surface area (Å²) in [7, 11) is 1.24. The van der Waals surface area contributed by atoms with Gasteiger partial charge in [0.05, 0.1) is 12.6 Å². The van der Waals surface area contributed by atoms with Gasteiger partial charge < -0.3 is 20.4 Å². The molecular weight excluding hydrogens is 414 g/mol. The van der Waals surface area contributed by atoms with E-state index in [0.717, 1.165) is 0 Å². The van der Waals surface area contributed by atoms with Crippen molar-refractivity contribution in [1.29, 1.82) is 0 Å². The molecule has 1 fully saturated rings. The number of nitrogens with one attached hydrogen (secondary N) is 3. The van der Waals surface area contributed by atoms with Crippen LogP contribution in [0, 0.1) is 17.8 Å². The third-order valence-electron chi connectivity index (χ3n) is 5.57. The average Bonchev–Trinajstić information content (AvgIpc) is 3.37. The van der Waals surface area contributed by atoms with Crippen LogP contribution in [0.25, 0.3) is 11.2 Å². The third kappa shape index (κ3) is 5.68. The minimum Gasteiger partial charge on any atom is -0.467 e. The second kappa shape index (κ2) is 10.3. The lowest BCUT2D eigenvalue weighted by molar-refractivity contribution is -0.146. The van der Waals surface area contributed by atoms with E-state index in [-0.39, 0.29) is 42.2 Å². The highest BCUT2D eigenvalue weighted by molar-refractivity contribution is 5.98. The lowest BCUT2D eigenvalue weighted by Crippen LogP contribution is -2.46. The van der Waals surface area contributed by atoms with E-state index >= 15 is 0 Å². The molecule has 0 radical (unpaired) electrons. The molecule has 0 unspecified atom stereocenters. The smallest absolute Gasteiger partial charge is 0.328 e. The number of fused-ring (bicyclic) bond motifs is 1. The minimum absolute atomic E-state index is 0.0678. The molecule has 0 spiro atoms. The van der Waals surface area contributed by atoms with Gasteiger partial charge in [0.1, 0.15) is 6.04 Å². The molecule has 3 atom stereocenters. The third-order valence-corrected chi connectivity index (χ3v) is 5.57. The van der Waals surface area contributed by atoms with Gasteiger partial charge in [-0.25, -0.2) is 14.8 Å². The summed E-state index contributed by atoms with van der Waals surface area (Å²) in [5, 5.41) is 5.44. The van der Waals surface area contributed by atoms with Crippen LogP contribution in [0.3, 0.4) is 0 Å². The number of aromatic nitrogens is 3. The highest BCUT2D eigenvalue weighted by Crippen LogP contribution is 2.21. The molecule has 0 aromatic carbocycles. The summed E-state index contributed by atoms with van der Waals surface area (Å²) in [4.78, 5) is 61.4. The number of methoxy groups -OCH3 is 1. The van der Waals surface area contributed by atoms with Gasteiger partial charge in [-0.1, -0.05) is 13.8 Å². The summed E-state index contributed by atoms with van der Waals surface area (Å²) in [6.45, 7) is 4.45. The average molecular weight is 444 g/mol. The molecule has 2 aromatic rings. The zero-order valence-corrected chi connectivity index (χ0v) is 18.5. The van der Waals surface area contributed by atoms with Gasteiger partial charge in [0, 0.05) is 31.0 Å². The Bertz CT molecular complexity index is 969. The second-order valence-corrected chi connectivity index (χ2v) is 8.51. The molecule has 3 rings (SSSR count). The van der Waals surface area contributed by atoms with Crippen LogP contribution >= 0.6 is 0 Å². The van der Waals surface area contributed by atoms with E-state index in [1.165, 1.54) is 7.11 Å². The molecule has 32 heavy (non-hydrogen) atoms. The Balaban J connectivity index is 1.72. The number of esters is 1. The fourth-order valence-electron chi connectivity index (χ4n) is 3.95. The van der Waals surface area contributed by atoms with E-state index in [0.29, 0.717) is 30.6 Å². The van der Waals surface area contributed by atoms with Gasteiger partial charge in [0.15, 0.2) is 17.3 Å². The van der Waals surface area contributed by atoms with Crippen LogP contribution in [0.1, 0.15) is 50.1 Å². The number of amides is 2. The molecule has 3 heterocycles. The number of ketones is 1. The maximum absolute atomic E-state index is 13.1. The number of carbonyl (C=O) groups excluding carboxylic acids is 4. The Labute approximate surface area is 185 Å². The Hall–Kier alpha value is -3.30. The zero-order valence-electron chi connectivity index (χ0n) is 18.5. The Kier molecular flexibility index (Phi) is 7.55. The van der Waals surface area contributed by atoms with Gasteiger partial charge in [-0.05, 0) is 37.3 Å². The number of nitrogens with zero attached hydrogens (tertiary/aromatic N) is 2. The predicted molar refractivity (Wildman–Crippen MR) is 115 cm³/mol. The molecule has 1 aliphatic heterocycles. The van der Waals surface area contributed by atoms with E-state index in [4.69, 9.17) is 4.74 Å². The van der Waals surface area contributed by atoms with Gasteiger partial charge in [-0.15, -0.1) is 0 Å². The molecule has 1 aliphatic rings. The number of Topliss-reactive ketones (excluding diaryl/α,β-unsaturated/α-hetero) is 1. The molecule has 2 amide bonds. The van der Waals surface area contributed by atoms with Crippen molar-refractivity contribution in [2.45, 2.75) is 45.6 Å². The van der Waals surface area contributed by atoms with E-state index in [1.807, 2.05) is 13.8 Å². The first kappa shape index (κ1) is 23.4. The molecule has 10 nitrogen and oxygen atoms in total. The van der Waals surface area contributed by atoms with Gasteiger partial charge in [-0.3, -0.25) is 14.4 Å². The summed E-state index contributed by atoms with van der Waals surface area (Å²) in [5.41, 5.74) is 1.07. The largest absolute Gasteiger partial charge is 0.467 e. The number of ether oxygens (including phenoxy) is 1. The van der Waals surface area contributed by atoms with E-state index in [1.54, 1.807) is 18.3 Å². The molecule has 1 saturated heterocycles. The molecule has 10 heteroatoms. The second-order valence-electron chi connectivity index (χ2n) is 8.51. The zero-order chi connectivity index (χ0) is 23.3. The van der Waals surface area contributed by atoms with Crippen LogP contribution in [0.4, 0.5) is 0 Å². The first-order chi connectivity index (χ1) is 15.3. The monoisotopic (exact) mass is 443 g/mol. The van der Waals surface area contributed by atoms with Crippen molar-refractivity contribution in [3.05, 3.63) is 24.2 Å². The molecule has 0 aliphatic carbocycles. The fourth-order valence-corrected chi connectivity index (χ4v) is 3.95. The Morgan fingerprint density at radius 3 is 2.72 bits per heavy atom. The topological polar surface area (TPSA) is 143 Å². The van der Waals surface area contributed by atoms with Crippen LogP contribution in [0.15, 0.2) is 18.3 Å². The van der Waals surface area contributed by atoms with Crippen molar-refractivity contribution in [3.8, 4) is 0 Å². The number of hydrogen-bond acceptors (Lipinski definition) is 7. The van der Waals surface area contributed by atoms with Crippen LogP contribution in [-0.4, -0.2) is 58.2 Å². The molecule has 3 N–H and O–H groups in total. The van der Waals surface area contributed by atoms with E-state index < -0.39 is 23.8 Å². The normalized spacial score (nSPS) is 17.8. The highest BCUT2D eigenvalue weighted by atomic mass is 16.5. The van der Waals surface area contributed by atoms with Crippen molar-refractivity contribution in [2.24, 2.45) is 17.8 Å². The standard InChI is InChI=1S/C22H29N5O5/c1-12(2)9-14(11-17(28)19-25-15-5-4-7-23-18(15)27-19)21(30)26-16(22(31)32-3)10-13-6-8-24-20(13)29/h4-5,7,12-14,16H,6,8-11H2,1-3H3,(H,24,29)(H,26,30)(H,23,25,27)/t13-,14+,16-/m0/s1. The maximum atomic E-state index is 13.1. The van der Waals surface area contributed by atoms with E-state index in [2.05, 4.69) is 25.6 Å². The summed E-state index contributed by atoms with van der Waals surface area (Å²) in [6, 6.07) is 2.55. The molecule has 172 valence electrons. The van der Waals surface area contributed by atoms with Gasteiger partial charge in [-0.2, -0.15) is 0 Å². The van der Waals surface area contributed by atoms with Crippen molar-refractivity contribution >= 4 is 34.7 Å². The molecule has 2 aromatic heterocycles. The van der Waals surface area contributed by atoms with Gasteiger partial charge in [0.2, 0.25) is 11.8 Å². The molecule has 0 saturated carbocycles. The summed E-state index contributed by atoms with van der Waals surface area (Å²) in [6.07, 6.45) is 2.72.